The van der Waals surface area contributed by atoms with Crippen molar-refractivity contribution in [2.75, 3.05) is 6.54 Å². The fourth-order valence-corrected chi connectivity index (χ4v) is 2.94. The number of nitrogens with one attached hydrogen (secondary N) is 1. The number of hydrogen-bond donors (Lipinski definition) is 1. The Morgan fingerprint density at radius 2 is 1.95 bits per heavy atom. The van der Waals surface area contributed by atoms with Crippen LogP contribution >= 0.6 is 0 Å². The third kappa shape index (κ3) is 3.99. The zero-order valence-electron chi connectivity index (χ0n) is 13.4. The molecule has 0 bridgehead atoms. The van der Waals surface area contributed by atoms with Gasteiger partial charge in [-0.2, -0.15) is 0 Å². The zero-order valence-corrected chi connectivity index (χ0v) is 13.4. The topological polar surface area (TPSA) is 21.3 Å². The number of likely N-dealkylation sites (N-methyl/N-ethyl adjacent to an activating group) is 1. The molecule has 1 N–H and O–H groups in total. The molecule has 1 fully saturated rings. The van der Waals surface area contributed by atoms with Crippen molar-refractivity contribution in [1.29, 1.82) is 0 Å². The van der Waals surface area contributed by atoms with E-state index in [4.69, 9.17) is 4.74 Å². The van der Waals surface area contributed by atoms with Gasteiger partial charge in [0, 0.05) is 6.04 Å². The summed E-state index contributed by atoms with van der Waals surface area (Å²) in [4.78, 5) is 0. The molecule has 0 spiro atoms. The van der Waals surface area contributed by atoms with E-state index in [9.17, 15) is 0 Å². The van der Waals surface area contributed by atoms with Gasteiger partial charge in [0.05, 0.1) is 0 Å². The molecular weight excluding hydrogens is 246 g/mol. The summed E-state index contributed by atoms with van der Waals surface area (Å²) in [6, 6.07) is 9.10. The van der Waals surface area contributed by atoms with Crippen molar-refractivity contribution in [3.63, 3.8) is 0 Å². The van der Waals surface area contributed by atoms with Crippen molar-refractivity contribution >= 4 is 0 Å². The van der Waals surface area contributed by atoms with Gasteiger partial charge >= 0.3 is 0 Å². The number of hydrogen-bond acceptors (Lipinski definition) is 2. The minimum absolute atomic E-state index is 0.174. The molecule has 1 aromatic carbocycles. The van der Waals surface area contributed by atoms with E-state index < -0.39 is 0 Å². The predicted octanol–water partition coefficient (Wildman–Crippen LogP) is 4.28. The van der Waals surface area contributed by atoms with Gasteiger partial charge in [0.15, 0.2) is 0 Å². The summed E-state index contributed by atoms with van der Waals surface area (Å²) >= 11 is 0. The van der Waals surface area contributed by atoms with E-state index in [1.165, 1.54) is 24.8 Å². The van der Waals surface area contributed by atoms with Crippen molar-refractivity contribution < 1.29 is 4.74 Å². The highest BCUT2D eigenvalue weighted by Crippen LogP contribution is 2.28. The van der Waals surface area contributed by atoms with Crippen LogP contribution in [0.25, 0.3) is 0 Å². The molecule has 2 rings (SSSR count). The maximum Gasteiger partial charge on any atom is 0.120 e. The van der Waals surface area contributed by atoms with Gasteiger partial charge in [0.2, 0.25) is 0 Å². The second kappa shape index (κ2) is 6.62. The molecule has 2 heteroatoms. The van der Waals surface area contributed by atoms with Gasteiger partial charge in [0.25, 0.3) is 0 Å². The van der Waals surface area contributed by atoms with E-state index in [0.29, 0.717) is 12.1 Å². The van der Waals surface area contributed by atoms with Gasteiger partial charge in [-0.15, -0.1) is 0 Å². The Labute approximate surface area is 123 Å². The highest BCUT2D eigenvalue weighted by atomic mass is 16.5. The van der Waals surface area contributed by atoms with Gasteiger partial charge in [-0.3, -0.25) is 0 Å². The van der Waals surface area contributed by atoms with Gasteiger partial charge in [-0.1, -0.05) is 46.2 Å². The number of rotatable bonds is 4. The van der Waals surface area contributed by atoms with E-state index >= 15 is 0 Å². The molecule has 0 saturated heterocycles. The Kier molecular flexibility index (Phi) is 5.09. The summed E-state index contributed by atoms with van der Waals surface area (Å²) in [6.45, 7) is 9.93. The summed E-state index contributed by atoms with van der Waals surface area (Å²) in [7, 11) is 0. The SMILES string of the molecule is CCNC1CCCCC1Oc1cccc(C(C)(C)C)c1. The Morgan fingerprint density at radius 3 is 2.65 bits per heavy atom. The van der Waals surface area contributed by atoms with Crippen molar-refractivity contribution in [3.8, 4) is 5.75 Å². The molecule has 2 unspecified atom stereocenters. The molecule has 0 aromatic heterocycles. The Hall–Kier alpha value is -1.02. The molecule has 2 atom stereocenters. The van der Waals surface area contributed by atoms with Crippen LogP contribution < -0.4 is 10.1 Å². The molecule has 1 saturated carbocycles. The van der Waals surface area contributed by atoms with E-state index in [1.54, 1.807) is 0 Å². The number of ether oxygens (including phenoxy) is 1. The number of benzene rings is 1. The van der Waals surface area contributed by atoms with Crippen LogP contribution in [0.2, 0.25) is 0 Å². The van der Waals surface area contributed by atoms with Crippen LogP contribution in [-0.2, 0) is 5.41 Å². The lowest BCUT2D eigenvalue weighted by molar-refractivity contribution is 0.114. The molecule has 1 aliphatic carbocycles. The first-order chi connectivity index (χ1) is 9.50. The van der Waals surface area contributed by atoms with Crippen LogP contribution in [0.15, 0.2) is 24.3 Å². The van der Waals surface area contributed by atoms with E-state index in [0.717, 1.165) is 18.7 Å². The normalized spacial score (nSPS) is 23.6. The van der Waals surface area contributed by atoms with Crippen LogP contribution in [0.4, 0.5) is 0 Å². The van der Waals surface area contributed by atoms with Crippen LogP contribution in [0.5, 0.6) is 5.75 Å². The van der Waals surface area contributed by atoms with Crippen LogP contribution in [0.1, 0.15) is 58.9 Å². The van der Waals surface area contributed by atoms with Gasteiger partial charge in [-0.05, 0) is 48.9 Å². The Balaban J connectivity index is 2.08. The zero-order chi connectivity index (χ0) is 14.6. The van der Waals surface area contributed by atoms with Crippen molar-refractivity contribution in [2.45, 2.75) is 70.9 Å². The fourth-order valence-electron chi connectivity index (χ4n) is 2.94. The second-order valence-electron chi connectivity index (χ2n) is 6.88. The van der Waals surface area contributed by atoms with Crippen molar-refractivity contribution in [2.24, 2.45) is 0 Å². The molecule has 0 radical (unpaired) electrons. The van der Waals surface area contributed by atoms with E-state index in [2.05, 4.69) is 57.3 Å². The van der Waals surface area contributed by atoms with E-state index in [1.807, 2.05) is 0 Å². The van der Waals surface area contributed by atoms with Gasteiger partial charge in [-0.25, -0.2) is 0 Å². The second-order valence-corrected chi connectivity index (χ2v) is 6.88. The Morgan fingerprint density at radius 1 is 1.20 bits per heavy atom. The van der Waals surface area contributed by atoms with Crippen molar-refractivity contribution in [3.05, 3.63) is 29.8 Å². The van der Waals surface area contributed by atoms with Crippen LogP contribution in [0.3, 0.4) is 0 Å². The minimum atomic E-state index is 0.174. The first-order valence-electron chi connectivity index (χ1n) is 8.01. The first-order valence-corrected chi connectivity index (χ1v) is 8.01. The van der Waals surface area contributed by atoms with Gasteiger partial charge in [0.1, 0.15) is 11.9 Å². The quantitative estimate of drug-likeness (QED) is 0.885. The van der Waals surface area contributed by atoms with Gasteiger partial charge < -0.3 is 10.1 Å². The lowest BCUT2D eigenvalue weighted by Crippen LogP contribution is -2.45. The third-order valence-electron chi connectivity index (χ3n) is 4.16. The highest BCUT2D eigenvalue weighted by molar-refractivity contribution is 5.32. The molecule has 0 heterocycles. The molecule has 0 aliphatic heterocycles. The standard InChI is InChI=1S/C18H29NO/c1-5-19-16-11-6-7-12-17(16)20-15-10-8-9-14(13-15)18(2,3)4/h8-10,13,16-17,19H,5-7,11-12H2,1-4H3. The molecule has 1 aromatic rings. The third-order valence-corrected chi connectivity index (χ3v) is 4.16. The van der Waals surface area contributed by atoms with Crippen molar-refractivity contribution in [1.82, 2.24) is 5.32 Å². The summed E-state index contributed by atoms with van der Waals surface area (Å²) in [6.07, 6.45) is 5.32. The molecule has 0 amide bonds. The summed E-state index contributed by atoms with van der Waals surface area (Å²) in [5, 5.41) is 3.57. The molecule has 112 valence electrons. The minimum Gasteiger partial charge on any atom is -0.489 e. The van der Waals surface area contributed by atoms with Crippen LogP contribution in [-0.4, -0.2) is 18.7 Å². The summed E-state index contributed by atoms with van der Waals surface area (Å²) in [5.41, 5.74) is 1.51. The van der Waals surface area contributed by atoms with Crippen LogP contribution in [0, 0.1) is 0 Å². The lowest BCUT2D eigenvalue weighted by Gasteiger charge is -2.32. The summed E-state index contributed by atoms with van der Waals surface area (Å²) < 4.78 is 6.29. The summed E-state index contributed by atoms with van der Waals surface area (Å²) in [5.74, 6) is 1.02. The molecular formula is C18H29NO. The molecule has 1 aliphatic rings. The molecule has 20 heavy (non-hydrogen) atoms. The monoisotopic (exact) mass is 275 g/mol. The molecule has 2 nitrogen and oxygen atoms in total. The van der Waals surface area contributed by atoms with E-state index in [-0.39, 0.29) is 5.41 Å². The predicted molar refractivity (Wildman–Crippen MR) is 85.5 cm³/mol. The average Bonchev–Trinajstić information content (AvgIpc) is 2.41. The maximum absolute atomic E-state index is 6.29. The lowest BCUT2D eigenvalue weighted by atomic mass is 9.87. The first kappa shape index (κ1) is 15.4. The average molecular weight is 275 g/mol. The maximum atomic E-state index is 6.29. The fraction of sp³-hybridized carbons (Fsp3) is 0.667. The highest BCUT2D eigenvalue weighted by Gasteiger charge is 2.26. The smallest absolute Gasteiger partial charge is 0.120 e. The largest absolute Gasteiger partial charge is 0.489 e. The Bertz CT molecular complexity index is 420.